The molecular weight excluding hydrogens is 820 g/mol. The monoisotopic (exact) mass is 880 g/mol. The summed E-state index contributed by atoms with van der Waals surface area (Å²) < 4.78 is 70.0. The number of carbonyl (C=O) groups is 5. The molecule has 4 aliphatic heterocycles. The minimum absolute atomic E-state index is 0.0293. The summed E-state index contributed by atoms with van der Waals surface area (Å²) in [5.41, 5.74) is -2.70. The van der Waals surface area contributed by atoms with E-state index < -0.39 is 83.5 Å². The topological polar surface area (TPSA) is 172 Å². The molecule has 4 saturated heterocycles. The molecule has 344 valence electrons. The SMILES string of the molecule is CC(=O)O[C@@H]1[C@@H](OC(C)=O)[C@H](O[C@H]2CC[C@]34C[C@]35CC(=O)[C@]3(C)[C@H]6[C@H](C)C[C@]7(OC(OC(=O)c8ccccc8F)[C@@]8(C)O[C@@H]78)O[C@H]6C[C@@]3(C)[C@@H]5CC[C@H]4C2(C)C)OC[C@H]1OC(C)=O. The number of fused-ring (bicyclic) bond motifs is 6. The third-order valence-electron chi connectivity index (χ3n) is 18.3. The molecule has 3 spiro atoms. The molecule has 4 heterocycles. The lowest BCUT2D eigenvalue weighted by molar-refractivity contribution is -0.342. The van der Waals surface area contributed by atoms with Gasteiger partial charge >= 0.3 is 23.9 Å². The molecule has 1 unspecified atom stereocenters. The fourth-order valence-electron chi connectivity index (χ4n) is 15.8. The first-order valence-corrected chi connectivity index (χ1v) is 22.9. The fourth-order valence-corrected chi connectivity index (χ4v) is 15.8. The van der Waals surface area contributed by atoms with E-state index in [1.807, 2.05) is 6.92 Å². The molecule has 0 radical (unpaired) electrons. The smallest absolute Gasteiger partial charge is 0.343 e. The number of Topliss-reactive ketones (excluding diaryl/α,β-unsaturated/α-hetero) is 1. The van der Waals surface area contributed by atoms with E-state index in [0.29, 0.717) is 31.5 Å². The highest BCUT2D eigenvalue weighted by atomic mass is 19.1. The van der Waals surface area contributed by atoms with Gasteiger partial charge in [-0.3, -0.25) is 19.2 Å². The van der Waals surface area contributed by atoms with E-state index in [0.717, 1.165) is 25.7 Å². The van der Waals surface area contributed by atoms with Crippen molar-refractivity contribution < 1.29 is 71.0 Å². The van der Waals surface area contributed by atoms with Crippen molar-refractivity contribution >= 4 is 29.7 Å². The Labute approximate surface area is 367 Å². The van der Waals surface area contributed by atoms with E-state index in [1.165, 1.54) is 39.0 Å². The van der Waals surface area contributed by atoms with Crippen molar-refractivity contribution in [2.75, 3.05) is 6.61 Å². The molecule has 0 bridgehead atoms. The van der Waals surface area contributed by atoms with E-state index in [1.54, 1.807) is 6.07 Å². The predicted octanol–water partition coefficient (Wildman–Crippen LogP) is 6.38. The second kappa shape index (κ2) is 14.0. The first-order valence-electron chi connectivity index (χ1n) is 22.9. The lowest BCUT2D eigenvalue weighted by atomic mass is 9.41. The molecule has 0 aromatic heterocycles. The second-order valence-corrected chi connectivity index (χ2v) is 21.8. The molecule has 0 N–H and O–H groups in total. The molecule has 1 aromatic rings. The van der Waals surface area contributed by atoms with E-state index in [2.05, 4.69) is 34.6 Å². The third kappa shape index (κ3) is 5.93. The molecule has 0 amide bonds. The normalized spacial score (nSPS) is 49.5. The molecule has 9 fully saturated rings. The number of ketones is 1. The largest absolute Gasteiger partial charge is 0.456 e. The maximum Gasteiger partial charge on any atom is 0.343 e. The molecule has 1 aromatic carbocycles. The first kappa shape index (κ1) is 43.4. The van der Waals surface area contributed by atoms with Crippen molar-refractivity contribution in [2.24, 2.45) is 50.7 Å². The van der Waals surface area contributed by atoms with Gasteiger partial charge in [0.25, 0.3) is 0 Å². The van der Waals surface area contributed by atoms with Crippen molar-refractivity contribution in [3.05, 3.63) is 35.6 Å². The molecule has 9 aliphatic rings. The molecule has 18 atom stereocenters. The van der Waals surface area contributed by atoms with Crippen molar-refractivity contribution in [2.45, 2.75) is 174 Å². The van der Waals surface area contributed by atoms with Gasteiger partial charge in [0.05, 0.1) is 24.4 Å². The van der Waals surface area contributed by atoms with Gasteiger partial charge in [-0.15, -0.1) is 0 Å². The van der Waals surface area contributed by atoms with E-state index in [-0.39, 0.29) is 69.7 Å². The summed E-state index contributed by atoms with van der Waals surface area (Å²) in [6.45, 7) is 16.7. The van der Waals surface area contributed by atoms with Crippen molar-refractivity contribution in [3.63, 3.8) is 0 Å². The summed E-state index contributed by atoms with van der Waals surface area (Å²) in [7, 11) is 0. The highest BCUT2D eigenvalue weighted by Crippen LogP contribution is 2.89. The Bertz CT molecular complexity index is 2140. The zero-order chi connectivity index (χ0) is 45.0. The Morgan fingerprint density at radius 1 is 0.794 bits per heavy atom. The van der Waals surface area contributed by atoms with Crippen LogP contribution < -0.4 is 0 Å². The van der Waals surface area contributed by atoms with Crippen LogP contribution in [0.2, 0.25) is 0 Å². The van der Waals surface area contributed by atoms with Gasteiger partial charge in [-0.1, -0.05) is 46.8 Å². The number of carbonyl (C=O) groups excluding carboxylic acids is 5. The van der Waals surface area contributed by atoms with Crippen LogP contribution in [0.5, 0.6) is 0 Å². The van der Waals surface area contributed by atoms with E-state index in [4.69, 9.17) is 42.6 Å². The highest BCUT2D eigenvalue weighted by Gasteiger charge is 2.87. The molecule has 5 aliphatic carbocycles. The van der Waals surface area contributed by atoms with Gasteiger partial charge in [-0.05, 0) is 97.0 Å². The number of esters is 4. The Morgan fingerprint density at radius 3 is 2.17 bits per heavy atom. The van der Waals surface area contributed by atoms with Crippen LogP contribution in [0.15, 0.2) is 24.3 Å². The van der Waals surface area contributed by atoms with Gasteiger partial charge in [-0.2, -0.15) is 0 Å². The standard InChI is InChI=1S/C48H61FO14/c1-23-18-48(40-45(9,62-40)41(63-48)60-38(54)27-12-10-11-13-28(27)49)61-29-19-43(7)32-15-14-31-42(5,6)34(16-17-46(31)22-47(32,46)20-33(53)44(43,8)35(23)29)59-39-37(58-26(4)52)36(57-25(3)51)30(21-55-39)56-24(2)50/h10-13,23,29-32,34-37,39-41H,14-22H2,1-9H3/t23-,29+,30-,31+,32+,34+,35+,36+,37-,39+,40-,41?,43+,44-,45+,46-,47+,48-/m1/s1. The number of benzene rings is 1. The predicted molar refractivity (Wildman–Crippen MR) is 215 cm³/mol. The Hall–Kier alpha value is -3.50. The molecular formula is C48H61FO14. The van der Waals surface area contributed by atoms with Gasteiger partial charge < -0.3 is 42.6 Å². The number of rotatable bonds is 7. The van der Waals surface area contributed by atoms with Crippen LogP contribution in [0.4, 0.5) is 4.39 Å². The maximum atomic E-state index is 15.2. The van der Waals surface area contributed by atoms with Crippen LogP contribution in [0.25, 0.3) is 0 Å². The zero-order valence-corrected chi connectivity index (χ0v) is 37.7. The second-order valence-electron chi connectivity index (χ2n) is 21.8. The minimum atomic E-state index is -1.17. The summed E-state index contributed by atoms with van der Waals surface area (Å²) in [4.78, 5) is 65.0. The summed E-state index contributed by atoms with van der Waals surface area (Å²) in [5.74, 6) is -3.70. The summed E-state index contributed by atoms with van der Waals surface area (Å²) in [6, 6.07) is 5.68. The average Bonchev–Trinajstić information content (AvgIpc) is 4.03. The highest BCUT2D eigenvalue weighted by molar-refractivity contribution is 5.90. The molecule has 15 heteroatoms. The number of hydrogen-bond donors (Lipinski definition) is 0. The lowest BCUT2D eigenvalue weighted by Gasteiger charge is -2.62. The molecule has 63 heavy (non-hydrogen) atoms. The summed E-state index contributed by atoms with van der Waals surface area (Å²) in [6.07, 6.45) is -0.439. The number of halogens is 1. The van der Waals surface area contributed by atoms with Crippen molar-refractivity contribution in [1.82, 2.24) is 0 Å². The van der Waals surface area contributed by atoms with Gasteiger partial charge in [0, 0.05) is 44.9 Å². The van der Waals surface area contributed by atoms with E-state index >= 15 is 4.79 Å². The number of hydrogen-bond acceptors (Lipinski definition) is 14. The quantitative estimate of drug-likeness (QED) is 0.128. The first-order chi connectivity index (χ1) is 29.6. The van der Waals surface area contributed by atoms with Gasteiger partial charge in [0.15, 0.2) is 30.2 Å². The molecule has 5 saturated carbocycles. The van der Waals surface area contributed by atoms with Gasteiger partial charge in [0.2, 0.25) is 12.1 Å². The lowest BCUT2D eigenvalue weighted by Crippen LogP contribution is -2.63. The number of ether oxygens (including phenoxy) is 9. The summed E-state index contributed by atoms with van der Waals surface area (Å²) in [5, 5.41) is 0. The van der Waals surface area contributed by atoms with Gasteiger partial charge in [-0.25, -0.2) is 9.18 Å². The van der Waals surface area contributed by atoms with Crippen LogP contribution in [-0.4, -0.2) is 96.9 Å². The molecule has 14 nitrogen and oxygen atoms in total. The van der Waals surface area contributed by atoms with Gasteiger partial charge in [0.1, 0.15) is 17.7 Å². The third-order valence-corrected chi connectivity index (χ3v) is 18.3. The van der Waals surface area contributed by atoms with Crippen LogP contribution in [0.1, 0.15) is 124 Å². The molecule has 10 rings (SSSR count). The average molecular weight is 881 g/mol. The van der Waals surface area contributed by atoms with Crippen molar-refractivity contribution in [3.8, 4) is 0 Å². The van der Waals surface area contributed by atoms with Crippen LogP contribution in [-0.2, 0) is 61.8 Å². The van der Waals surface area contributed by atoms with Crippen LogP contribution in [0, 0.1) is 56.6 Å². The fraction of sp³-hybridized carbons (Fsp3) is 0.771. The zero-order valence-electron chi connectivity index (χ0n) is 37.7. The minimum Gasteiger partial charge on any atom is -0.456 e. The van der Waals surface area contributed by atoms with Crippen LogP contribution >= 0.6 is 0 Å². The number of epoxide rings is 1. The van der Waals surface area contributed by atoms with E-state index in [9.17, 15) is 23.6 Å². The maximum absolute atomic E-state index is 15.2. The summed E-state index contributed by atoms with van der Waals surface area (Å²) >= 11 is 0. The Morgan fingerprint density at radius 2 is 1.48 bits per heavy atom. The van der Waals surface area contributed by atoms with Crippen molar-refractivity contribution in [1.29, 1.82) is 0 Å². The van der Waals surface area contributed by atoms with Crippen LogP contribution in [0.3, 0.4) is 0 Å². The Balaban J connectivity index is 0.878. The Kier molecular flexibility index (Phi) is 9.65.